The number of benzene rings is 1. The van der Waals surface area contributed by atoms with Crippen LogP contribution in [0.4, 0.5) is 5.69 Å². The predicted molar refractivity (Wildman–Crippen MR) is 83.3 cm³/mol. The van der Waals surface area contributed by atoms with Crippen molar-refractivity contribution in [2.75, 3.05) is 19.0 Å². The van der Waals surface area contributed by atoms with Crippen molar-refractivity contribution in [1.82, 2.24) is 0 Å². The van der Waals surface area contributed by atoms with Crippen molar-refractivity contribution in [3.05, 3.63) is 27.8 Å². The molecular weight excluding hydrogens is 377 g/mol. The number of carbonyl (C=O) groups excluding carboxylic acids is 1. The summed E-state index contributed by atoms with van der Waals surface area (Å²) in [5, 5.41) is 11.1. The summed E-state index contributed by atoms with van der Waals surface area (Å²) in [4.78, 5) is 21.9. The van der Waals surface area contributed by atoms with Crippen LogP contribution in [0.3, 0.4) is 0 Å². The highest BCUT2D eigenvalue weighted by molar-refractivity contribution is 14.2. The van der Waals surface area contributed by atoms with Gasteiger partial charge in [-0.15, -0.1) is 0 Å². The zero-order chi connectivity index (χ0) is 15.0. The first-order valence-electron chi connectivity index (χ1n) is 5.83. The molecule has 0 radical (unpaired) electrons. The van der Waals surface area contributed by atoms with Crippen LogP contribution in [0.15, 0.2) is 24.3 Å². The summed E-state index contributed by atoms with van der Waals surface area (Å²) in [6, 6.07) is 6.74. The van der Waals surface area contributed by atoms with Gasteiger partial charge in [-0.25, -0.2) is 0 Å². The number of halogens is 1. The lowest BCUT2D eigenvalue weighted by atomic mass is 10.2. The number of carbonyl (C=O) groups is 2. The average Bonchev–Trinajstić information content (AvgIpc) is 2.42. The molecule has 1 aromatic carbocycles. The number of nitrogens with one attached hydrogen (secondary N) is 1. The number of rotatable bonds is 7. The summed E-state index contributed by atoms with van der Waals surface area (Å²) >= 11 is -2.61. The largest absolute Gasteiger partial charge is 0.481 e. The molecule has 7 heteroatoms. The second-order valence-electron chi connectivity index (χ2n) is 3.84. The fraction of sp³-hybridized carbons (Fsp3) is 0.308. The van der Waals surface area contributed by atoms with E-state index in [0.717, 1.165) is 0 Å². The Bertz CT molecular complexity index is 564. The van der Waals surface area contributed by atoms with Crippen molar-refractivity contribution in [2.45, 2.75) is 12.8 Å². The average molecular weight is 393 g/mol. The van der Waals surface area contributed by atoms with E-state index in [-0.39, 0.29) is 18.7 Å². The molecule has 110 valence electrons. The highest BCUT2D eigenvalue weighted by Gasteiger charge is 2.06. The minimum Gasteiger partial charge on any atom is -0.481 e. The number of methoxy groups -OCH3 is 1. The van der Waals surface area contributed by atoms with E-state index in [0.29, 0.717) is 15.9 Å². The molecule has 0 saturated carbocycles. The first kappa shape index (κ1) is 16.6. The van der Waals surface area contributed by atoms with Crippen molar-refractivity contribution >= 4 is 40.9 Å². The van der Waals surface area contributed by atoms with Crippen LogP contribution in [0.1, 0.15) is 12.8 Å². The van der Waals surface area contributed by atoms with Gasteiger partial charge in [-0.05, 0) is 18.2 Å². The maximum atomic E-state index is 12.0. The predicted octanol–water partition coefficient (Wildman–Crippen LogP) is 1.96. The number of amides is 1. The molecular formula is C13H16INO5. The third-order valence-corrected chi connectivity index (χ3v) is 5.32. The van der Waals surface area contributed by atoms with Gasteiger partial charge in [0, 0.05) is 26.8 Å². The van der Waals surface area contributed by atoms with Crippen molar-refractivity contribution in [2.24, 2.45) is 0 Å². The zero-order valence-corrected chi connectivity index (χ0v) is 13.1. The number of carboxylic acid groups (broad SMARTS) is 1. The zero-order valence-electron chi connectivity index (χ0n) is 11.0. The summed E-state index contributed by atoms with van der Waals surface area (Å²) in [6.07, 6.45) is -0.303. The number of anilines is 1. The quantitative estimate of drug-likeness (QED) is 0.691. The fourth-order valence-electron chi connectivity index (χ4n) is 1.34. The molecule has 0 spiro atoms. The Hall–Kier alpha value is -1.48. The first-order chi connectivity index (χ1) is 9.52. The lowest BCUT2D eigenvalue weighted by molar-refractivity contribution is -0.138. The highest BCUT2D eigenvalue weighted by atomic mass is 127. The van der Waals surface area contributed by atoms with Gasteiger partial charge in [0.15, 0.2) is 0 Å². The van der Waals surface area contributed by atoms with Crippen molar-refractivity contribution < 1.29 is 22.5 Å². The molecule has 0 aliphatic heterocycles. The van der Waals surface area contributed by atoms with E-state index in [1.807, 2.05) is 0 Å². The number of hydrogen-bond acceptors (Lipinski definition) is 4. The van der Waals surface area contributed by atoms with Gasteiger partial charge in [-0.2, -0.15) is 0 Å². The summed E-state index contributed by atoms with van der Waals surface area (Å²) in [5.41, 5.74) is 0.516. The third kappa shape index (κ3) is 6.11. The van der Waals surface area contributed by atoms with Crippen LogP contribution in [0.2, 0.25) is 0 Å². The number of carboxylic acids is 1. The van der Waals surface area contributed by atoms with E-state index in [1.54, 1.807) is 28.3 Å². The Kier molecular flexibility index (Phi) is 7.16. The molecule has 0 unspecified atom stereocenters. The van der Waals surface area contributed by atoms with Crippen molar-refractivity contribution in [1.29, 1.82) is 0 Å². The summed E-state index contributed by atoms with van der Waals surface area (Å²) in [5.74, 6) is -1.40. The molecule has 0 aliphatic carbocycles. The fourth-order valence-corrected chi connectivity index (χ4v) is 3.73. The monoisotopic (exact) mass is 393 g/mol. The number of hydrogen-bond donors (Lipinski definition) is 2. The van der Waals surface area contributed by atoms with Crippen LogP contribution in [0.25, 0.3) is 0 Å². The summed E-state index contributed by atoms with van der Waals surface area (Å²) < 4.78 is 19.1. The van der Waals surface area contributed by atoms with E-state index < -0.39 is 25.3 Å². The Morgan fingerprint density at radius 2 is 2.15 bits per heavy atom. The van der Waals surface area contributed by atoms with Gasteiger partial charge in [0.2, 0.25) is 5.91 Å². The van der Waals surface area contributed by atoms with Gasteiger partial charge in [-0.1, -0.05) is 6.07 Å². The Morgan fingerprint density at radius 1 is 1.40 bits per heavy atom. The molecule has 0 saturated heterocycles. The van der Waals surface area contributed by atoms with Gasteiger partial charge >= 0.3 is 5.97 Å². The minimum absolute atomic E-state index is 0.0882. The van der Waals surface area contributed by atoms with E-state index in [2.05, 4.69) is 5.32 Å². The Labute approximate surface area is 123 Å². The smallest absolute Gasteiger partial charge is 0.303 e. The minimum atomic E-state index is -2.61. The lowest BCUT2D eigenvalue weighted by Crippen LogP contribution is -2.13. The standard InChI is InChI=1S/C13H16INO5/c1-20-8-7-14(19)10-3-2-4-11(9-10)15-12(16)5-6-13(17)18/h2-4,7,9H,5-6,8H2,1H3,(H,15,16)(H,17,18). The molecule has 6 nitrogen and oxygen atoms in total. The van der Waals surface area contributed by atoms with E-state index in [4.69, 9.17) is 9.84 Å². The molecule has 1 rings (SSSR count). The topological polar surface area (TPSA) is 92.7 Å². The van der Waals surface area contributed by atoms with E-state index >= 15 is 0 Å². The van der Waals surface area contributed by atoms with Gasteiger partial charge < -0.3 is 15.2 Å². The van der Waals surface area contributed by atoms with Gasteiger partial charge in [0.1, 0.15) is 19.3 Å². The molecule has 20 heavy (non-hydrogen) atoms. The van der Waals surface area contributed by atoms with Crippen LogP contribution in [-0.2, 0) is 17.4 Å². The third-order valence-electron chi connectivity index (χ3n) is 2.26. The van der Waals surface area contributed by atoms with E-state index in [9.17, 15) is 12.7 Å². The van der Waals surface area contributed by atoms with Crippen molar-refractivity contribution in [3.63, 3.8) is 0 Å². The molecule has 0 bridgehead atoms. The maximum absolute atomic E-state index is 12.0. The van der Waals surface area contributed by atoms with Gasteiger partial charge in [-0.3, -0.25) is 12.7 Å². The summed E-state index contributed by atoms with van der Waals surface area (Å²) in [7, 11) is 1.53. The van der Waals surface area contributed by atoms with Gasteiger partial charge in [0.05, 0.1) is 13.0 Å². The van der Waals surface area contributed by atoms with E-state index in [1.165, 1.54) is 7.11 Å². The van der Waals surface area contributed by atoms with Crippen LogP contribution in [0.5, 0.6) is 0 Å². The molecule has 1 aromatic rings. The van der Waals surface area contributed by atoms with Crippen LogP contribution in [-0.4, -0.2) is 34.7 Å². The molecule has 0 atom stereocenters. The molecule has 0 heterocycles. The second kappa shape index (κ2) is 8.64. The maximum Gasteiger partial charge on any atom is 0.303 e. The molecule has 0 aromatic heterocycles. The van der Waals surface area contributed by atoms with Crippen LogP contribution >= 0.6 is 19.3 Å². The van der Waals surface area contributed by atoms with Crippen LogP contribution < -0.4 is 5.32 Å². The molecule has 1 amide bonds. The number of ether oxygens (including phenoxy) is 1. The molecule has 2 N–H and O–H groups in total. The molecule has 0 aliphatic rings. The second-order valence-corrected chi connectivity index (χ2v) is 7.54. The van der Waals surface area contributed by atoms with Gasteiger partial charge in [0.25, 0.3) is 0 Å². The normalized spacial score (nSPS) is 12.1. The SMILES string of the molecule is COCC=I(=O)c1cccc(NC(=O)CCC(=O)O)c1. The molecule has 0 fully saturated rings. The Balaban J connectivity index is 2.71. The lowest BCUT2D eigenvalue weighted by Gasteiger charge is -2.04. The highest BCUT2D eigenvalue weighted by Crippen LogP contribution is 2.21. The Morgan fingerprint density at radius 3 is 2.80 bits per heavy atom. The van der Waals surface area contributed by atoms with Crippen molar-refractivity contribution in [3.8, 4) is 0 Å². The first-order valence-corrected chi connectivity index (χ1v) is 9.03. The van der Waals surface area contributed by atoms with Crippen LogP contribution in [0, 0.1) is 3.57 Å². The summed E-state index contributed by atoms with van der Waals surface area (Å²) in [6.45, 7) is 0.323. The number of aliphatic carboxylic acids is 1.